The van der Waals surface area contributed by atoms with Crippen molar-refractivity contribution in [3.05, 3.63) is 0 Å². The Balaban J connectivity index is 2.07. The Morgan fingerprint density at radius 3 is 2.42 bits per heavy atom. The van der Waals surface area contributed by atoms with E-state index in [0.29, 0.717) is 6.61 Å². The summed E-state index contributed by atoms with van der Waals surface area (Å²) >= 11 is 0. The largest absolute Gasteiger partial charge is 0.457 e. The molecule has 0 spiro atoms. The Bertz CT molecular complexity index is 115. The molecule has 0 aliphatic heterocycles. The van der Waals surface area contributed by atoms with E-state index in [1.54, 1.807) is 0 Å². The van der Waals surface area contributed by atoms with Crippen molar-refractivity contribution < 1.29 is 9.53 Å². The summed E-state index contributed by atoms with van der Waals surface area (Å²) in [7, 11) is 0. The molecular weight excluding hydrogens is 152 g/mol. The average Bonchev–Trinajstić information content (AvgIpc) is 2.33. The van der Waals surface area contributed by atoms with E-state index >= 15 is 0 Å². The van der Waals surface area contributed by atoms with Gasteiger partial charge in [0.25, 0.3) is 0 Å². The molecule has 0 saturated heterocycles. The van der Waals surface area contributed by atoms with Crippen LogP contribution in [0.3, 0.4) is 0 Å². The minimum absolute atomic E-state index is 0.564. The second-order valence-corrected chi connectivity index (χ2v) is 3.58. The van der Waals surface area contributed by atoms with Gasteiger partial charge in [-0.15, -0.1) is 0 Å². The molecule has 0 bridgehead atoms. The van der Waals surface area contributed by atoms with Gasteiger partial charge in [-0.2, -0.15) is 0 Å². The summed E-state index contributed by atoms with van der Waals surface area (Å²) < 4.78 is 4.57. The van der Waals surface area contributed by atoms with Crippen LogP contribution in [-0.2, 0) is 9.53 Å². The molecule has 1 radical (unpaired) electrons. The Morgan fingerprint density at radius 2 is 1.83 bits per heavy atom. The van der Waals surface area contributed by atoms with Gasteiger partial charge in [-0.1, -0.05) is 38.5 Å². The van der Waals surface area contributed by atoms with Gasteiger partial charge in [0.2, 0.25) is 0 Å². The van der Waals surface area contributed by atoms with Gasteiger partial charge in [0.05, 0.1) is 6.61 Å². The van der Waals surface area contributed by atoms with Crippen molar-refractivity contribution in [1.29, 1.82) is 0 Å². The molecule has 0 aromatic heterocycles. The van der Waals surface area contributed by atoms with Gasteiger partial charge in [-0.3, -0.25) is 0 Å². The van der Waals surface area contributed by atoms with Gasteiger partial charge in [-0.05, 0) is 12.3 Å². The van der Waals surface area contributed by atoms with Gasteiger partial charge in [0.1, 0.15) is 0 Å². The molecule has 1 aliphatic carbocycles. The zero-order valence-corrected chi connectivity index (χ0v) is 7.55. The standard InChI is InChI=1S/C10H17O2/c11-9-12-8-7-10-5-3-1-2-4-6-10/h10H,1-8H2. The lowest BCUT2D eigenvalue weighted by Gasteiger charge is -2.11. The van der Waals surface area contributed by atoms with E-state index in [0.717, 1.165) is 12.3 Å². The minimum atomic E-state index is 0.564. The fraction of sp³-hybridized carbons (Fsp3) is 0.900. The highest BCUT2D eigenvalue weighted by atomic mass is 16.5. The molecule has 0 amide bonds. The molecule has 0 aromatic carbocycles. The summed E-state index contributed by atoms with van der Waals surface area (Å²) in [4.78, 5) is 9.77. The van der Waals surface area contributed by atoms with Crippen LogP contribution in [0.1, 0.15) is 44.9 Å². The maximum atomic E-state index is 9.77. The second-order valence-electron chi connectivity index (χ2n) is 3.58. The van der Waals surface area contributed by atoms with Crippen molar-refractivity contribution in [2.75, 3.05) is 6.61 Å². The summed E-state index contributed by atoms with van der Waals surface area (Å²) in [5.41, 5.74) is 0. The molecule has 0 N–H and O–H groups in total. The number of hydrogen-bond acceptors (Lipinski definition) is 2. The van der Waals surface area contributed by atoms with E-state index < -0.39 is 0 Å². The monoisotopic (exact) mass is 169 g/mol. The number of rotatable bonds is 4. The van der Waals surface area contributed by atoms with Crippen LogP contribution in [0.2, 0.25) is 0 Å². The SMILES string of the molecule is O=[C]OCCC1CCCCCC1. The molecule has 0 heterocycles. The molecule has 1 rings (SSSR count). The quantitative estimate of drug-likeness (QED) is 0.477. The lowest BCUT2D eigenvalue weighted by Crippen LogP contribution is -2.03. The van der Waals surface area contributed by atoms with E-state index in [2.05, 4.69) is 4.74 Å². The summed E-state index contributed by atoms with van der Waals surface area (Å²) in [6.45, 7) is 2.04. The summed E-state index contributed by atoms with van der Waals surface area (Å²) in [5, 5.41) is 0. The lowest BCUT2D eigenvalue weighted by atomic mass is 9.97. The fourth-order valence-electron chi connectivity index (χ4n) is 1.92. The molecule has 1 aliphatic rings. The minimum Gasteiger partial charge on any atom is -0.457 e. The molecule has 1 saturated carbocycles. The van der Waals surface area contributed by atoms with Crippen molar-refractivity contribution in [1.82, 2.24) is 0 Å². The summed E-state index contributed by atoms with van der Waals surface area (Å²) in [5.74, 6) is 0.792. The topological polar surface area (TPSA) is 26.3 Å². The van der Waals surface area contributed by atoms with Crippen molar-refractivity contribution >= 4 is 6.47 Å². The average molecular weight is 169 g/mol. The van der Waals surface area contributed by atoms with Crippen molar-refractivity contribution in [2.24, 2.45) is 5.92 Å². The predicted octanol–water partition coefficient (Wildman–Crippen LogP) is 2.43. The highest BCUT2D eigenvalue weighted by Gasteiger charge is 2.11. The number of ether oxygens (including phenoxy) is 1. The van der Waals surface area contributed by atoms with E-state index in [1.807, 2.05) is 0 Å². The molecule has 69 valence electrons. The highest BCUT2D eigenvalue weighted by Crippen LogP contribution is 2.24. The third-order valence-corrected chi connectivity index (χ3v) is 2.66. The van der Waals surface area contributed by atoms with Gasteiger partial charge >= 0.3 is 6.47 Å². The first-order valence-electron chi connectivity index (χ1n) is 4.92. The second kappa shape index (κ2) is 6.04. The Kier molecular flexibility index (Phi) is 4.81. The van der Waals surface area contributed by atoms with Crippen LogP contribution in [0.15, 0.2) is 0 Å². The van der Waals surface area contributed by atoms with Crippen LogP contribution in [0.5, 0.6) is 0 Å². The predicted molar refractivity (Wildman–Crippen MR) is 47.5 cm³/mol. The molecule has 2 heteroatoms. The molecule has 0 unspecified atom stereocenters. The van der Waals surface area contributed by atoms with Crippen molar-refractivity contribution in [2.45, 2.75) is 44.9 Å². The summed E-state index contributed by atoms with van der Waals surface area (Å²) in [6, 6.07) is 0. The van der Waals surface area contributed by atoms with E-state index in [-0.39, 0.29) is 0 Å². The van der Waals surface area contributed by atoms with Gasteiger partial charge in [0, 0.05) is 0 Å². The van der Waals surface area contributed by atoms with Crippen LogP contribution < -0.4 is 0 Å². The number of hydrogen-bond donors (Lipinski definition) is 0. The maximum absolute atomic E-state index is 9.77. The summed E-state index contributed by atoms with van der Waals surface area (Å²) in [6.07, 6.45) is 9.17. The normalized spacial score (nSPS) is 20.0. The number of carbonyl (C=O) groups excluding carboxylic acids is 1. The Hall–Kier alpha value is -0.530. The first kappa shape index (κ1) is 9.56. The van der Waals surface area contributed by atoms with E-state index in [9.17, 15) is 4.79 Å². The van der Waals surface area contributed by atoms with Gasteiger partial charge in [-0.25, -0.2) is 4.79 Å². The third kappa shape index (κ3) is 3.74. The van der Waals surface area contributed by atoms with Crippen molar-refractivity contribution in [3.63, 3.8) is 0 Å². The van der Waals surface area contributed by atoms with Gasteiger partial charge in [0.15, 0.2) is 0 Å². The highest BCUT2D eigenvalue weighted by molar-refractivity contribution is 5.37. The third-order valence-electron chi connectivity index (χ3n) is 2.66. The first-order valence-corrected chi connectivity index (χ1v) is 4.92. The first-order chi connectivity index (χ1) is 5.93. The molecule has 0 atom stereocenters. The Labute approximate surface area is 74.3 Å². The Morgan fingerprint density at radius 1 is 1.17 bits per heavy atom. The van der Waals surface area contributed by atoms with E-state index in [1.165, 1.54) is 45.0 Å². The van der Waals surface area contributed by atoms with Crippen LogP contribution in [0.25, 0.3) is 0 Å². The van der Waals surface area contributed by atoms with Crippen LogP contribution in [-0.4, -0.2) is 13.1 Å². The zero-order valence-electron chi connectivity index (χ0n) is 7.55. The van der Waals surface area contributed by atoms with Crippen LogP contribution >= 0.6 is 0 Å². The van der Waals surface area contributed by atoms with E-state index in [4.69, 9.17) is 0 Å². The molecular formula is C10H17O2. The fourth-order valence-corrected chi connectivity index (χ4v) is 1.92. The molecule has 1 fully saturated rings. The molecule has 12 heavy (non-hydrogen) atoms. The molecule has 2 nitrogen and oxygen atoms in total. The molecule has 0 aromatic rings. The van der Waals surface area contributed by atoms with Crippen molar-refractivity contribution in [3.8, 4) is 0 Å². The van der Waals surface area contributed by atoms with Gasteiger partial charge < -0.3 is 4.74 Å². The zero-order chi connectivity index (χ0) is 8.65. The smallest absolute Gasteiger partial charge is 0.417 e. The lowest BCUT2D eigenvalue weighted by molar-refractivity contribution is 0.241. The van der Waals surface area contributed by atoms with Crippen LogP contribution in [0, 0.1) is 5.92 Å². The van der Waals surface area contributed by atoms with Crippen LogP contribution in [0.4, 0.5) is 0 Å². The maximum Gasteiger partial charge on any atom is 0.417 e.